The lowest BCUT2D eigenvalue weighted by Gasteiger charge is -2.10. The second kappa shape index (κ2) is 6.10. The SMILES string of the molecule is O=C(O)c1cc(S(=O)(=O)Oc2cccc3cccnc23)ccc1Cl. The van der Waals surface area contributed by atoms with Crippen molar-refractivity contribution in [2.45, 2.75) is 4.90 Å². The molecule has 24 heavy (non-hydrogen) atoms. The van der Waals surface area contributed by atoms with Crippen LogP contribution in [0, 0.1) is 0 Å². The van der Waals surface area contributed by atoms with Gasteiger partial charge in [-0.3, -0.25) is 4.98 Å². The molecule has 6 nitrogen and oxygen atoms in total. The van der Waals surface area contributed by atoms with Gasteiger partial charge in [0.15, 0.2) is 5.75 Å². The molecule has 1 aromatic heterocycles. The molecule has 8 heteroatoms. The Hall–Kier alpha value is -2.64. The number of carbonyl (C=O) groups is 1. The maximum atomic E-state index is 12.4. The summed E-state index contributed by atoms with van der Waals surface area (Å²) in [4.78, 5) is 14.9. The first-order valence-corrected chi connectivity index (χ1v) is 8.48. The third-order valence-corrected chi connectivity index (χ3v) is 4.81. The maximum Gasteiger partial charge on any atom is 0.339 e. The van der Waals surface area contributed by atoms with Crippen LogP contribution < -0.4 is 4.18 Å². The number of pyridine rings is 1. The molecule has 0 amide bonds. The lowest BCUT2D eigenvalue weighted by molar-refractivity contribution is 0.0697. The fourth-order valence-electron chi connectivity index (χ4n) is 2.13. The van der Waals surface area contributed by atoms with Crippen LogP contribution in [-0.2, 0) is 10.1 Å². The minimum Gasteiger partial charge on any atom is -0.478 e. The van der Waals surface area contributed by atoms with Crippen molar-refractivity contribution in [2.75, 3.05) is 0 Å². The van der Waals surface area contributed by atoms with Crippen molar-refractivity contribution in [3.8, 4) is 5.75 Å². The average molecular weight is 364 g/mol. The first-order chi connectivity index (χ1) is 11.4. The molecule has 0 fully saturated rings. The van der Waals surface area contributed by atoms with E-state index in [0.717, 1.165) is 6.07 Å². The normalized spacial score (nSPS) is 11.4. The second-order valence-corrected chi connectivity index (χ2v) is 6.77. The summed E-state index contributed by atoms with van der Waals surface area (Å²) in [7, 11) is -4.24. The van der Waals surface area contributed by atoms with Crippen molar-refractivity contribution < 1.29 is 22.5 Å². The summed E-state index contributed by atoms with van der Waals surface area (Å²) in [6.45, 7) is 0. The molecule has 0 bridgehead atoms. The molecule has 0 atom stereocenters. The van der Waals surface area contributed by atoms with E-state index in [9.17, 15) is 13.2 Å². The summed E-state index contributed by atoms with van der Waals surface area (Å²) in [6, 6.07) is 11.7. The molecule has 0 saturated heterocycles. The number of aromatic carboxylic acids is 1. The van der Waals surface area contributed by atoms with E-state index in [1.165, 1.54) is 24.4 Å². The second-order valence-electron chi connectivity index (χ2n) is 4.82. The van der Waals surface area contributed by atoms with Crippen LogP contribution in [0.25, 0.3) is 10.9 Å². The lowest BCUT2D eigenvalue weighted by Crippen LogP contribution is -2.11. The van der Waals surface area contributed by atoms with E-state index in [4.69, 9.17) is 20.9 Å². The van der Waals surface area contributed by atoms with Gasteiger partial charge in [0.05, 0.1) is 10.6 Å². The predicted molar refractivity (Wildman–Crippen MR) is 88.0 cm³/mol. The van der Waals surface area contributed by atoms with Crippen LogP contribution in [0.2, 0.25) is 5.02 Å². The number of hydrogen-bond donors (Lipinski definition) is 1. The van der Waals surface area contributed by atoms with E-state index in [2.05, 4.69) is 4.98 Å². The molecule has 0 aliphatic carbocycles. The van der Waals surface area contributed by atoms with Gasteiger partial charge in [-0.25, -0.2) is 4.79 Å². The number of fused-ring (bicyclic) bond motifs is 1. The van der Waals surface area contributed by atoms with E-state index < -0.39 is 16.1 Å². The molecule has 3 rings (SSSR count). The van der Waals surface area contributed by atoms with Gasteiger partial charge in [0, 0.05) is 11.6 Å². The van der Waals surface area contributed by atoms with E-state index >= 15 is 0 Å². The lowest BCUT2D eigenvalue weighted by atomic mass is 10.2. The highest BCUT2D eigenvalue weighted by Crippen LogP contribution is 2.28. The Kier molecular flexibility index (Phi) is 4.13. The summed E-state index contributed by atoms with van der Waals surface area (Å²) < 4.78 is 30.0. The summed E-state index contributed by atoms with van der Waals surface area (Å²) in [6.07, 6.45) is 1.52. The number of hydrogen-bond acceptors (Lipinski definition) is 5. The predicted octanol–water partition coefficient (Wildman–Crippen LogP) is 3.35. The molecular weight excluding hydrogens is 354 g/mol. The van der Waals surface area contributed by atoms with Crippen LogP contribution in [-0.4, -0.2) is 24.5 Å². The van der Waals surface area contributed by atoms with Crippen molar-refractivity contribution in [3.63, 3.8) is 0 Å². The minimum absolute atomic E-state index is 0.0555. The molecule has 0 spiro atoms. The fraction of sp³-hybridized carbons (Fsp3) is 0. The Morgan fingerprint density at radius 3 is 2.62 bits per heavy atom. The number of carboxylic acids is 1. The number of para-hydroxylation sites is 1. The van der Waals surface area contributed by atoms with Gasteiger partial charge in [0.1, 0.15) is 10.4 Å². The molecule has 0 radical (unpaired) electrons. The smallest absolute Gasteiger partial charge is 0.339 e. The highest BCUT2D eigenvalue weighted by atomic mass is 35.5. The highest BCUT2D eigenvalue weighted by Gasteiger charge is 2.21. The van der Waals surface area contributed by atoms with Crippen molar-refractivity contribution in [1.82, 2.24) is 4.98 Å². The van der Waals surface area contributed by atoms with Crippen molar-refractivity contribution in [1.29, 1.82) is 0 Å². The van der Waals surface area contributed by atoms with Gasteiger partial charge >= 0.3 is 16.1 Å². The zero-order chi connectivity index (χ0) is 17.3. The van der Waals surface area contributed by atoms with Gasteiger partial charge in [-0.2, -0.15) is 8.42 Å². The molecule has 1 heterocycles. The van der Waals surface area contributed by atoms with Crippen molar-refractivity contribution >= 4 is 38.6 Å². The Bertz CT molecular complexity index is 1040. The largest absolute Gasteiger partial charge is 0.478 e. The third-order valence-electron chi connectivity index (χ3n) is 3.25. The number of benzene rings is 2. The molecule has 2 aromatic carbocycles. The molecule has 0 unspecified atom stereocenters. The molecule has 0 aliphatic rings. The quantitative estimate of drug-likeness (QED) is 0.714. The van der Waals surface area contributed by atoms with Crippen LogP contribution in [0.15, 0.2) is 59.6 Å². The Morgan fingerprint density at radius 2 is 1.88 bits per heavy atom. The van der Waals surface area contributed by atoms with Gasteiger partial charge in [-0.15, -0.1) is 0 Å². The fourth-order valence-corrected chi connectivity index (χ4v) is 3.30. The Morgan fingerprint density at radius 1 is 1.12 bits per heavy atom. The molecule has 122 valence electrons. The summed E-state index contributed by atoms with van der Waals surface area (Å²) >= 11 is 5.75. The van der Waals surface area contributed by atoms with Crippen LogP contribution in [0.4, 0.5) is 0 Å². The number of rotatable bonds is 4. The van der Waals surface area contributed by atoms with Crippen LogP contribution in [0.1, 0.15) is 10.4 Å². The van der Waals surface area contributed by atoms with Gasteiger partial charge < -0.3 is 9.29 Å². The molecule has 0 saturated carbocycles. The first-order valence-electron chi connectivity index (χ1n) is 6.69. The van der Waals surface area contributed by atoms with Gasteiger partial charge in [0.2, 0.25) is 0 Å². The first kappa shape index (κ1) is 16.2. The standard InChI is InChI=1S/C16H10ClNO5S/c17-13-7-6-11(9-12(13)16(19)20)24(21,22)23-14-5-1-3-10-4-2-8-18-15(10)14/h1-9H,(H,19,20). The van der Waals surface area contributed by atoms with E-state index in [1.54, 1.807) is 24.3 Å². The van der Waals surface area contributed by atoms with Gasteiger partial charge in [0.25, 0.3) is 0 Å². The van der Waals surface area contributed by atoms with Crippen LogP contribution in [0.5, 0.6) is 5.75 Å². The zero-order valence-corrected chi connectivity index (χ0v) is 13.6. The number of nitrogens with zero attached hydrogens (tertiary/aromatic N) is 1. The van der Waals surface area contributed by atoms with Gasteiger partial charge in [-0.05, 0) is 30.3 Å². The number of aromatic nitrogens is 1. The van der Waals surface area contributed by atoms with E-state index in [-0.39, 0.29) is 21.2 Å². The number of halogens is 1. The summed E-state index contributed by atoms with van der Waals surface area (Å²) in [5.74, 6) is -1.27. The highest BCUT2D eigenvalue weighted by molar-refractivity contribution is 7.87. The zero-order valence-electron chi connectivity index (χ0n) is 12.0. The average Bonchev–Trinajstić information content (AvgIpc) is 2.55. The number of carboxylic acid groups (broad SMARTS) is 1. The van der Waals surface area contributed by atoms with Crippen LogP contribution in [0.3, 0.4) is 0 Å². The Balaban J connectivity index is 2.05. The molecular formula is C16H10ClNO5S. The van der Waals surface area contributed by atoms with E-state index in [1.807, 2.05) is 0 Å². The molecule has 1 N–H and O–H groups in total. The topological polar surface area (TPSA) is 93.6 Å². The third kappa shape index (κ3) is 3.04. The monoisotopic (exact) mass is 363 g/mol. The molecule has 0 aliphatic heterocycles. The Labute approximate surface area is 142 Å². The summed E-state index contributed by atoms with van der Waals surface area (Å²) in [5.41, 5.74) is 0.0633. The van der Waals surface area contributed by atoms with Crippen LogP contribution >= 0.6 is 11.6 Å². The van der Waals surface area contributed by atoms with Gasteiger partial charge in [-0.1, -0.05) is 29.8 Å². The minimum atomic E-state index is -4.24. The maximum absolute atomic E-state index is 12.4. The van der Waals surface area contributed by atoms with E-state index in [0.29, 0.717) is 10.9 Å². The van der Waals surface area contributed by atoms with Crippen molar-refractivity contribution in [3.05, 3.63) is 65.3 Å². The summed E-state index contributed by atoms with van der Waals surface area (Å²) in [5, 5.41) is 9.71. The van der Waals surface area contributed by atoms with Crippen molar-refractivity contribution in [2.24, 2.45) is 0 Å². The molecule has 3 aromatic rings.